The number of nitrogens with one attached hydrogen (secondary N) is 1. The van der Waals surface area contributed by atoms with Crippen molar-refractivity contribution in [2.75, 3.05) is 46.3 Å². The summed E-state index contributed by atoms with van der Waals surface area (Å²) in [7, 11) is 1.80. The van der Waals surface area contributed by atoms with Crippen LogP contribution in [0.5, 0.6) is 0 Å². The predicted molar refractivity (Wildman–Crippen MR) is 104 cm³/mol. The Morgan fingerprint density at radius 3 is 2.28 bits per heavy atom. The van der Waals surface area contributed by atoms with Gasteiger partial charge in [-0.25, -0.2) is 0 Å². The third-order valence-electron chi connectivity index (χ3n) is 5.81. The minimum absolute atomic E-state index is 0. The normalized spacial score (nSPS) is 31.0. The molecule has 1 aliphatic carbocycles. The van der Waals surface area contributed by atoms with E-state index in [1.807, 2.05) is 0 Å². The standard InChI is InChI=1S/C17H29F3N4.HI/c1-21-16(24-10-14-4-2-3-5-15(14)11-24)22-8-13-6-7-23(9-13)12-17(18,19)20;/h13-15H,2-12H2,1H3,(H,21,22);1H. The SMILES string of the molecule is CN=C(NCC1CCN(CC(F)(F)F)C1)N1CC2CCCCC2C1.I. The zero-order valence-electron chi connectivity index (χ0n) is 14.9. The molecule has 0 amide bonds. The van der Waals surface area contributed by atoms with E-state index < -0.39 is 12.7 Å². The summed E-state index contributed by atoms with van der Waals surface area (Å²) in [5.74, 6) is 2.80. The smallest absolute Gasteiger partial charge is 0.356 e. The lowest BCUT2D eigenvalue weighted by molar-refractivity contribution is -0.143. The number of alkyl halides is 3. The van der Waals surface area contributed by atoms with Crippen LogP contribution >= 0.6 is 24.0 Å². The van der Waals surface area contributed by atoms with Crippen LogP contribution in [0.2, 0.25) is 0 Å². The minimum Gasteiger partial charge on any atom is -0.356 e. The third kappa shape index (κ3) is 5.87. The highest BCUT2D eigenvalue weighted by Gasteiger charge is 2.36. The summed E-state index contributed by atoms with van der Waals surface area (Å²) in [6.07, 6.45) is 2.08. The summed E-state index contributed by atoms with van der Waals surface area (Å²) >= 11 is 0. The summed E-state index contributed by atoms with van der Waals surface area (Å²) in [5.41, 5.74) is 0. The van der Waals surface area contributed by atoms with Gasteiger partial charge in [0.25, 0.3) is 0 Å². The Morgan fingerprint density at radius 2 is 1.72 bits per heavy atom. The van der Waals surface area contributed by atoms with Gasteiger partial charge in [-0.1, -0.05) is 12.8 Å². The number of fused-ring (bicyclic) bond motifs is 1. The van der Waals surface area contributed by atoms with Crippen molar-refractivity contribution in [1.82, 2.24) is 15.1 Å². The average Bonchev–Trinajstić information content (AvgIpc) is 3.12. The zero-order valence-corrected chi connectivity index (χ0v) is 17.2. The van der Waals surface area contributed by atoms with Gasteiger partial charge < -0.3 is 10.2 Å². The van der Waals surface area contributed by atoms with Gasteiger partial charge in [-0.3, -0.25) is 9.89 Å². The number of hydrogen-bond donors (Lipinski definition) is 1. The first kappa shape index (κ1) is 21.1. The summed E-state index contributed by atoms with van der Waals surface area (Å²) < 4.78 is 37.4. The monoisotopic (exact) mass is 474 g/mol. The summed E-state index contributed by atoms with van der Waals surface area (Å²) in [4.78, 5) is 8.27. The molecule has 2 heterocycles. The second-order valence-corrected chi connectivity index (χ2v) is 7.64. The summed E-state index contributed by atoms with van der Waals surface area (Å²) in [6.45, 7) is 3.15. The molecule has 0 radical (unpaired) electrons. The van der Waals surface area contributed by atoms with Crippen LogP contribution in [0.15, 0.2) is 4.99 Å². The number of aliphatic imine (C=N–C) groups is 1. The van der Waals surface area contributed by atoms with E-state index in [1.165, 1.54) is 30.6 Å². The number of likely N-dealkylation sites (tertiary alicyclic amines) is 2. The zero-order chi connectivity index (χ0) is 17.2. The van der Waals surface area contributed by atoms with Crippen molar-refractivity contribution in [2.45, 2.75) is 38.3 Å². The van der Waals surface area contributed by atoms with Crippen LogP contribution in [0.3, 0.4) is 0 Å². The average molecular weight is 474 g/mol. The lowest BCUT2D eigenvalue weighted by atomic mass is 9.82. The quantitative estimate of drug-likeness (QED) is 0.388. The lowest BCUT2D eigenvalue weighted by Gasteiger charge is -2.23. The third-order valence-corrected chi connectivity index (χ3v) is 5.81. The van der Waals surface area contributed by atoms with E-state index in [4.69, 9.17) is 0 Å². The molecule has 0 aromatic rings. The number of rotatable bonds is 3. The molecule has 3 fully saturated rings. The molecule has 4 nitrogen and oxygen atoms in total. The lowest BCUT2D eigenvalue weighted by Crippen LogP contribution is -2.42. The van der Waals surface area contributed by atoms with Crippen molar-refractivity contribution in [2.24, 2.45) is 22.7 Å². The predicted octanol–water partition coefficient (Wildman–Crippen LogP) is 3.19. The Labute approximate surface area is 165 Å². The molecule has 3 atom stereocenters. The van der Waals surface area contributed by atoms with E-state index in [-0.39, 0.29) is 29.9 Å². The topological polar surface area (TPSA) is 30.9 Å². The van der Waals surface area contributed by atoms with Crippen LogP contribution in [-0.2, 0) is 0 Å². The highest BCUT2D eigenvalue weighted by atomic mass is 127. The first-order valence-corrected chi connectivity index (χ1v) is 9.19. The van der Waals surface area contributed by atoms with Crippen molar-refractivity contribution in [1.29, 1.82) is 0 Å². The van der Waals surface area contributed by atoms with Gasteiger partial charge in [0.1, 0.15) is 0 Å². The van der Waals surface area contributed by atoms with Crippen LogP contribution < -0.4 is 5.32 Å². The molecule has 0 aromatic heterocycles. The molecule has 2 aliphatic heterocycles. The summed E-state index contributed by atoms with van der Waals surface area (Å²) in [6, 6.07) is 0. The fourth-order valence-corrected chi connectivity index (χ4v) is 4.62. The number of guanidine groups is 1. The Balaban J connectivity index is 0.00000225. The number of halogens is 4. The molecule has 146 valence electrons. The van der Waals surface area contributed by atoms with Gasteiger partial charge in [-0.15, -0.1) is 24.0 Å². The molecule has 0 aromatic carbocycles. The highest BCUT2D eigenvalue weighted by molar-refractivity contribution is 14.0. The molecule has 0 spiro atoms. The Kier molecular flexibility index (Phi) is 7.67. The molecule has 1 saturated carbocycles. The molecular weight excluding hydrogens is 444 g/mol. The summed E-state index contributed by atoms with van der Waals surface area (Å²) in [5, 5.41) is 3.41. The van der Waals surface area contributed by atoms with Gasteiger partial charge in [-0.2, -0.15) is 13.2 Å². The largest absolute Gasteiger partial charge is 0.401 e. The second-order valence-electron chi connectivity index (χ2n) is 7.64. The van der Waals surface area contributed by atoms with Crippen LogP contribution in [0.1, 0.15) is 32.1 Å². The fourth-order valence-electron chi connectivity index (χ4n) is 4.62. The second kappa shape index (κ2) is 9.10. The number of nitrogens with zero attached hydrogens (tertiary/aromatic N) is 3. The van der Waals surface area contributed by atoms with Crippen LogP contribution in [0.25, 0.3) is 0 Å². The van der Waals surface area contributed by atoms with E-state index >= 15 is 0 Å². The fraction of sp³-hybridized carbons (Fsp3) is 0.941. The van der Waals surface area contributed by atoms with Gasteiger partial charge in [0.15, 0.2) is 5.96 Å². The molecule has 3 rings (SSSR count). The Hall–Kier alpha value is -0.250. The van der Waals surface area contributed by atoms with Gasteiger partial charge in [0, 0.05) is 33.2 Å². The molecule has 0 bridgehead atoms. The maximum Gasteiger partial charge on any atom is 0.401 e. The molecule has 2 saturated heterocycles. The Morgan fingerprint density at radius 1 is 1.08 bits per heavy atom. The van der Waals surface area contributed by atoms with Gasteiger partial charge >= 0.3 is 6.18 Å². The first-order chi connectivity index (χ1) is 11.4. The first-order valence-electron chi connectivity index (χ1n) is 9.19. The maximum atomic E-state index is 12.5. The van der Waals surface area contributed by atoms with Gasteiger partial charge in [-0.05, 0) is 43.6 Å². The Bertz CT molecular complexity index is 444. The number of hydrogen-bond acceptors (Lipinski definition) is 2. The molecule has 8 heteroatoms. The molecule has 1 N–H and O–H groups in total. The van der Waals surface area contributed by atoms with Crippen molar-refractivity contribution in [3.05, 3.63) is 0 Å². The van der Waals surface area contributed by atoms with E-state index in [0.29, 0.717) is 19.6 Å². The molecule has 3 unspecified atom stereocenters. The van der Waals surface area contributed by atoms with E-state index in [1.54, 1.807) is 7.05 Å². The molecule has 25 heavy (non-hydrogen) atoms. The van der Waals surface area contributed by atoms with Crippen LogP contribution in [0.4, 0.5) is 13.2 Å². The van der Waals surface area contributed by atoms with Crippen LogP contribution in [-0.4, -0.2) is 68.3 Å². The van der Waals surface area contributed by atoms with E-state index in [0.717, 1.165) is 37.3 Å². The van der Waals surface area contributed by atoms with Gasteiger partial charge in [0.2, 0.25) is 0 Å². The highest BCUT2D eigenvalue weighted by Crippen LogP contribution is 2.36. The van der Waals surface area contributed by atoms with Gasteiger partial charge in [0.05, 0.1) is 6.54 Å². The van der Waals surface area contributed by atoms with Crippen LogP contribution in [0, 0.1) is 17.8 Å². The molecule has 3 aliphatic rings. The minimum atomic E-state index is -4.09. The molecular formula is C17H30F3IN4. The van der Waals surface area contributed by atoms with Crippen molar-refractivity contribution in [3.8, 4) is 0 Å². The van der Waals surface area contributed by atoms with E-state index in [2.05, 4.69) is 15.2 Å². The van der Waals surface area contributed by atoms with E-state index in [9.17, 15) is 13.2 Å². The maximum absolute atomic E-state index is 12.5. The van der Waals surface area contributed by atoms with Crippen molar-refractivity contribution < 1.29 is 13.2 Å². The van der Waals surface area contributed by atoms with Crippen molar-refractivity contribution >= 4 is 29.9 Å². The van der Waals surface area contributed by atoms with Crippen molar-refractivity contribution in [3.63, 3.8) is 0 Å².